The standard InChI is InChI=1S/C15H18ClIN2O2/c1-8-13(20)18-12(15(2,3)4)14(21)19(8)11-6-5-9(16)7-10(11)17/h5-8,12H,1-4H3,(H,18,20). The van der Waals surface area contributed by atoms with Gasteiger partial charge in [0.05, 0.1) is 5.69 Å². The van der Waals surface area contributed by atoms with Crippen LogP contribution in [-0.4, -0.2) is 23.9 Å². The third-order valence-corrected chi connectivity index (χ3v) is 4.67. The number of hydrogen-bond acceptors (Lipinski definition) is 2. The second-order valence-corrected chi connectivity index (χ2v) is 7.89. The Balaban J connectivity index is 2.48. The summed E-state index contributed by atoms with van der Waals surface area (Å²) in [6.45, 7) is 7.56. The summed E-state index contributed by atoms with van der Waals surface area (Å²) >= 11 is 8.10. The first-order valence-electron chi connectivity index (χ1n) is 6.71. The van der Waals surface area contributed by atoms with Crippen molar-refractivity contribution in [3.05, 3.63) is 26.8 Å². The molecule has 1 N–H and O–H groups in total. The molecular formula is C15H18ClIN2O2. The Morgan fingerprint density at radius 2 is 1.90 bits per heavy atom. The van der Waals surface area contributed by atoms with Gasteiger partial charge in [0.2, 0.25) is 5.91 Å². The third-order valence-electron chi connectivity index (χ3n) is 3.57. The lowest BCUT2D eigenvalue weighted by Gasteiger charge is -2.42. The Kier molecular flexibility index (Phi) is 4.54. The quantitative estimate of drug-likeness (QED) is 0.709. The van der Waals surface area contributed by atoms with E-state index in [0.29, 0.717) is 5.02 Å². The first kappa shape index (κ1) is 16.5. The van der Waals surface area contributed by atoms with Crippen molar-refractivity contribution in [2.75, 3.05) is 4.90 Å². The number of piperazine rings is 1. The Bertz CT molecular complexity index is 598. The van der Waals surface area contributed by atoms with E-state index in [1.807, 2.05) is 20.8 Å². The summed E-state index contributed by atoms with van der Waals surface area (Å²) in [6, 6.07) is 4.24. The van der Waals surface area contributed by atoms with Crippen LogP contribution in [0, 0.1) is 8.99 Å². The molecule has 0 bridgehead atoms. The summed E-state index contributed by atoms with van der Waals surface area (Å²) in [5.74, 6) is -0.227. The number of rotatable bonds is 1. The van der Waals surface area contributed by atoms with Crippen LogP contribution in [0.2, 0.25) is 5.02 Å². The molecule has 21 heavy (non-hydrogen) atoms. The first-order valence-corrected chi connectivity index (χ1v) is 8.17. The number of carbonyl (C=O) groups is 2. The summed E-state index contributed by atoms with van der Waals surface area (Å²) in [7, 11) is 0. The predicted molar refractivity (Wildman–Crippen MR) is 92.5 cm³/mol. The molecule has 1 aromatic rings. The van der Waals surface area contributed by atoms with Crippen LogP contribution in [0.1, 0.15) is 27.7 Å². The molecule has 1 aliphatic rings. The lowest BCUT2D eigenvalue weighted by atomic mass is 9.84. The zero-order chi connectivity index (χ0) is 15.9. The van der Waals surface area contributed by atoms with Crippen LogP contribution in [0.4, 0.5) is 5.69 Å². The molecule has 0 aliphatic carbocycles. The number of carbonyl (C=O) groups excluding carboxylic acids is 2. The van der Waals surface area contributed by atoms with Gasteiger partial charge in [0.25, 0.3) is 5.91 Å². The van der Waals surface area contributed by atoms with Crippen LogP contribution in [0.3, 0.4) is 0 Å². The average Bonchev–Trinajstić information content (AvgIpc) is 2.35. The molecule has 0 aromatic heterocycles. The molecule has 1 aliphatic heterocycles. The van der Waals surface area contributed by atoms with Gasteiger partial charge in [0, 0.05) is 8.59 Å². The van der Waals surface area contributed by atoms with Gasteiger partial charge >= 0.3 is 0 Å². The highest BCUT2D eigenvalue weighted by Crippen LogP contribution is 2.32. The molecular weight excluding hydrogens is 403 g/mol. The van der Waals surface area contributed by atoms with E-state index >= 15 is 0 Å². The zero-order valence-corrected chi connectivity index (χ0v) is 15.3. The average molecular weight is 421 g/mol. The van der Waals surface area contributed by atoms with Gasteiger partial charge in [-0.2, -0.15) is 0 Å². The van der Waals surface area contributed by atoms with Crippen molar-refractivity contribution in [2.45, 2.75) is 39.8 Å². The maximum atomic E-state index is 12.8. The Morgan fingerprint density at radius 1 is 1.29 bits per heavy atom. The van der Waals surface area contributed by atoms with E-state index in [-0.39, 0.29) is 17.2 Å². The van der Waals surface area contributed by atoms with Crippen LogP contribution < -0.4 is 10.2 Å². The number of amides is 2. The third kappa shape index (κ3) is 3.18. The number of anilines is 1. The zero-order valence-electron chi connectivity index (χ0n) is 12.4. The molecule has 2 rings (SSSR count). The van der Waals surface area contributed by atoms with Gasteiger partial charge in [0.15, 0.2) is 0 Å². The Hall–Kier alpha value is -0.820. The fourth-order valence-corrected chi connectivity index (χ4v) is 3.49. The molecule has 1 fully saturated rings. The Labute approximate surface area is 143 Å². The molecule has 0 radical (unpaired) electrons. The van der Waals surface area contributed by atoms with Gasteiger partial charge in [-0.15, -0.1) is 0 Å². The number of nitrogens with one attached hydrogen (secondary N) is 1. The second-order valence-electron chi connectivity index (χ2n) is 6.29. The molecule has 6 heteroatoms. The number of benzene rings is 1. The maximum absolute atomic E-state index is 12.8. The van der Waals surface area contributed by atoms with Gasteiger partial charge in [-0.3, -0.25) is 14.5 Å². The van der Waals surface area contributed by atoms with E-state index in [4.69, 9.17) is 11.6 Å². The number of halogens is 2. The summed E-state index contributed by atoms with van der Waals surface area (Å²) in [6.07, 6.45) is 0. The van der Waals surface area contributed by atoms with Crippen molar-refractivity contribution >= 4 is 51.7 Å². The molecule has 1 saturated heterocycles. The summed E-state index contributed by atoms with van der Waals surface area (Å²) in [5, 5.41) is 3.44. The van der Waals surface area contributed by atoms with Crippen molar-refractivity contribution in [2.24, 2.45) is 5.41 Å². The van der Waals surface area contributed by atoms with E-state index in [1.165, 1.54) is 0 Å². The molecule has 0 saturated carbocycles. The van der Waals surface area contributed by atoms with Crippen LogP contribution in [0.25, 0.3) is 0 Å². The smallest absolute Gasteiger partial charge is 0.250 e. The van der Waals surface area contributed by atoms with Crippen LogP contribution in [0.5, 0.6) is 0 Å². The van der Waals surface area contributed by atoms with E-state index in [2.05, 4.69) is 27.9 Å². The first-order chi connectivity index (χ1) is 9.62. The lowest BCUT2D eigenvalue weighted by Crippen LogP contribution is -2.66. The van der Waals surface area contributed by atoms with Gasteiger partial charge in [0.1, 0.15) is 12.1 Å². The summed E-state index contributed by atoms with van der Waals surface area (Å²) in [5.41, 5.74) is 0.379. The SMILES string of the molecule is CC1C(=O)NC(C(C)(C)C)C(=O)N1c1ccc(Cl)cc1I. The van der Waals surface area contributed by atoms with Gasteiger partial charge in [-0.05, 0) is 53.1 Å². The fourth-order valence-electron chi connectivity index (χ4n) is 2.36. The predicted octanol–water partition coefficient (Wildman–Crippen LogP) is 3.21. The van der Waals surface area contributed by atoms with Crippen LogP contribution in [-0.2, 0) is 9.59 Å². The lowest BCUT2D eigenvalue weighted by molar-refractivity contribution is -0.136. The van der Waals surface area contributed by atoms with Gasteiger partial charge in [-0.25, -0.2) is 0 Å². The molecule has 114 valence electrons. The minimum absolute atomic E-state index is 0.0881. The van der Waals surface area contributed by atoms with Crippen molar-refractivity contribution in [1.82, 2.24) is 5.32 Å². The van der Waals surface area contributed by atoms with Gasteiger partial charge in [-0.1, -0.05) is 32.4 Å². The molecule has 0 spiro atoms. The van der Waals surface area contributed by atoms with Crippen LogP contribution in [0.15, 0.2) is 18.2 Å². The topological polar surface area (TPSA) is 49.4 Å². The Morgan fingerprint density at radius 3 is 2.43 bits per heavy atom. The van der Waals surface area contributed by atoms with E-state index < -0.39 is 12.1 Å². The largest absolute Gasteiger partial charge is 0.342 e. The van der Waals surface area contributed by atoms with E-state index in [1.54, 1.807) is 30.0 Å². The monoisotopic (exact) mass is 420 g/mol. The van der Waals surface area contributed by atoms with Crippen molar-refractivity contribution in [3.63, 3.8) is 0 Å². The van der Waals surface area contributed by atoms with Crippen molar-refractivity contribution < 1.29 is 9.59 Å². The normalized spacial score (nSPS) is 23.2. The van der Waals surface area contributed by atoms with Crippen molar-refractivity contribution in [1.29, 1.82) is 0 Å². The molecule has 1 aromatic carbocycles. The van der Waals surface area contributed by atoms with Gasteiger partial charge < -0.3 is 5.32 Å². The second kappa shape index (κ2) is 5.76. The minimum atomic E-state index is -0.536. The number of hydrogen-bond donors (Lipinski definition) is 1. The molecule has 2 amide bonds. The van der Waals surface area contributed by atoms with E-state index in [9.17, 15) is 9.59 Å². The highest BCUT2D eigenvalue weighted by molar-refractivity contribution is 14.1. The maximum Gasteiger partial charge on any atom is 0.250 e. The highest BCUT2D eigenvalue weighted by atomic mass is 127. The fraction of sp³-hybridized carbons (Fsp3) is 0.467. The minimum Gasteiger partial charge on any atom is -0.342 e. The summed E-state index contributed by atoms with van der Waals surface area (Å²) in [4.78, 5) is 26.6. The molecule has 1 heterocycles. The number of nitrogens with zero attached hydrogens (tertiary/aromatic N) is 1. The molecule has 2 atom stereocenters. The summed E-state index contributed by atoms with van der Waals surface area (Å²) < 4.78 is 0.850. The molecule has 4 nitrogen and oxygen atoms in total. The molecule has 2 unspecified atom stereocenters. The van der Waals surface area contributed by atoms with Crippen LogP contribution >= 0.6 is 34.2 Å². The van der Waals surface area contributed by atoms with Crippen molar-refractivity contribution in [3.8, 4) is 0 Å². The van der Waals surface area contributed by atoms with E-state index in [0.717, 1.165) is 9.26 Å². The highest BCUT2D eigenvalue weighted by Gasteiger charge is 2.44.